The smallest absolute Gasteiger partial charge is 0.282 e. The Balaban J connectivity index is 1.80. The Morgan fingerprint density at radius 3 is 2.85 bits per heavy atom. The van der Waals surface area contributed by atoms with Crippen LogP contribution in [0.1, 0.15) is 31.9 Å². The Labute approximate surface area is 156 Å². The first-order valence-electron chi connectivity index (χ1n) is 9.13. The predicted octanol–water partition coefficient (Wildman–Crippen LogP) is 4.01. The number of fused-ring (bicyclic) bond motifs is 1. The number of anilines is 2. The predicted molar refractivity (Wildman–Crippen MR) is 101 cm³/mol. The molecule has 1 fully saturated rings. The van der Waals surface area contributed by atoms with Crippen LogP contribution in [0, 0.1) is 5.92 Å². The third kappa shape index (κ3) is 3.43. The first kappa shape index (κ1) is 17.6. The minimum atomic E-state index is -2.62. The highest BCUT2D eigenvalue weighted by Gasteiger charge is 2.20. The van der Waals surface area contributed by atoms with Crippen LogP contribution in [0.15, 0.2) is 30.5 Å². The van der Waals surface area contributed by atoms with Gasteiger partial charge in [-0.2, -0.15) is 5.10 Å². The molecule has 1 aliphatic heterocycles. The number of halogens is 2. The highest BCUT2D eigenvalue weighted by atomic mass is 19.3. The minimum absolute atomic E-state index is 0.269. The number of hydrogen-bond donors (Lipinski definition) is 1. The zero-order chi connectivity index (χ0) is 19.0. The van der Waals surface area contributed by atoms with Gasteiger partial charge in [0, 0.05) is 25.7 Å². The van der Waals surface area contributed by atoms with Gasteiger partial charge in [0.2, 0.25) is 0 Å². The van der Waals surface area contributed by atoms with Gasteiger partial charge in [-0.05, 0) is 43.0 Å². The second-order valence-electron chi connectivity index (χ2n) is 7.02. The average molecular weight is 372 g/mol. The van der Waals surface area contributed by atoms with Crippen LogP contribution in [-0.4, -0.2) is 39.7 Å². The van der Waals surface area contributed by atoms with Crippen LogP contribution in [0.5, 0.6) is 0 Å². The van der Waals surface area contributed by atoms with Gasteiger partial charge in [0.25, 0.3) is 6.43 Å². The van der Waals surface area contributed by atoms with Gasteiger partial charge in [0.05, 0.1) is 11.9 Å². The van der Waals surface area contributed by atoms with E-state index in [9.17, 15) is 8.78 Å². The maximum atomic E-state index is 13.1. The lowest BCUT2D eigenvalue weighted by molar-refractivity contribution is 0.144. The number of rotatable bonds is 4. The fraction of sp³-hybridized carbons (Fsp3) is 0.421. The van der Waals surface area contributed by atoms with Crippen LogP contribution in [0.3, 0.4) is 0 Å². The quantitative estimate of drug-likeness (QED) is 0.750. The molecule has 0 aliphatic carbocycles. The fourth-order valence-corrected chi connectivity index (χ4v) is 3.55. The number of nitrogens with one attached hydrogen (secondary N) is 1. The minimum Gasteiger partial charge on any atom is -0.373 e. The molecule has 4 rings (SSSR count). The number of nitrogens with zero attached hydrogens (tertiary/aromatic N) is 5. The molecule has 8 heteroatoms. The molecule has 0 amide bonds. The normalized spacial score (nSPS) is 17.7. The summed E-state index contributed by atoms with van der Waals surface area (Å²) in [6.07, 6.45) is 1.40. The van der Waals surface area contributed by atoms with E-state index in [1.54, 1.807) is 12.3 Å². The maximum absolute atomic E-state index is 13.1. The van der Waals surface area contributed by atoms with Gasteiger partial charge in [-0.15, -0.1) is 0 Å². The molecule has 0 radical (unpaired) electrons. The molecule has 142 valence electrons. The van der Waals surface area contributed by atoms with Gasteiger partial charge >= 0.3 is 0 Å². The van der Waals surface area contributed by atoms with E-state index in [-0.39, 0.29) is 5.69 Å². The van der Waals surface area contributed by atoms with Crippen molar-refractivity contribution in [2.24, 2.45) is 5.92 Å². The van der Waals surface area contributed by atoms with Crippen LogP contribution in [0.25, 0.3) is 16.9 Å². The van der Waals surface area contributed by atoms with Crippen LogP contribution < -0.4 is 10.2 Å². The molecule has 1 aliphatic rings. The third-order valence-corrected chi connectivity index (χ3v) is 4.95. The number of pyridine rings is 1. The molecule has 1 saturated heterocycles. The molecule has 0 bridgehead atoms. The number of imidazole rings is 1. The summed E-state index contributed by atoms with van der Waals surface area (Å²) in [6.45, 7) is 4.17. The van der Waals surface area contributed by atoms with E-state index < -0.39 is 6.43 Å². The van der Waals surface area contributed by atoms with Crippen LogP contribution in [0.4, 0.5) is 20.4 Å². The lowest BCUT2D eigenvalue weighted by Gasteiger charge is -2.32. The topological polar surface area (TPSA) is 58.4 Å². The Kier molecular flexibility index (Phi) is 4.63. The molecule has 6 nitrogen and oxygen atoms in total. The van der Waals surface area contributed by atoms with Crippen molar-refractivity contribution in [1.29, 1.82) is 0 Å². The summed E-state index contributed by atoms with van der Waals surface area (Å²) >= 11 is 0. The maximum Gasteiger partial charge on any atom is 0.282 e. The van der Waals surface area contributed by atoms with Crippen molar-refractivity contribution < 1.29 is 8.78 Å². The van der Waals surface area contributed by atoms with Crippen molar-refractivity contribution in [1.82, 2.24) is 19.6 Å². The lowest BCUT2D eigenvalue weighted by Crippen LogP contribution is -2.34. The van der Waals surface area contributed by atoms with Crippen molar-refractivity contribution in [2.45, 2.75) is 26.2 Å². The van der Waals surface area contributed by atoms with E-state index in [1.807, 2.05) is 19.2 Å². The second kappa shape index (κ2) is 7.09. The number of hydrogen-bond acceptors (Lipinski definition) is 5. The number of piperidine rings is 1. The molecule has 0 saturated carbocycles. The molecule has 1 N–H and O–H groups in total. The summed E-state index contributed by atoms with van der Waals surface area (Å²) in [6, 6.07) is 6.74. The SMILES string of the molecule is CNc1cc(-c2cnc3ccc(C(F)F)nn23)cc(N2CCC[C@H](C)C2)n1. The average Bonchev–Trinajstić information content (AvgIpc) is 3.10. The second-order valence-corrected chi connectivity index (χ2v) is 7.02. The fourth-order valence-electron chi connectivity index (χ4n) is 3.55. The van der Waals surface area contributed by atoms with Crippen LogP contribution >= 0.6 is 0 Å². The number of aromatic nitrogens is 4. The highest BCUT2D eigenvalue weighted by Crippen LogP contribution is 2.29. The monoisotopic (exact) mass is 372 g/mol. The van der Waals surface area contributed by atoms with Gasteiger partial charge in [-0.3, -0.25) is 0 Å². The van der Waals surface area contributed by atoms with Crippen molar-refractivity contribution in [3.05, 3.63) is 36.2 Å². The van der Waals surface area contributed by atoms with Gasteiger partial charge in [-0.1, -0.05) is 6.92 Å². The van der Waals surface area contributed by atoms with E-state index in [4.69, 9.17) is 4.98 Å². The first-order chi connectivity index (χ1) is 13.0. The van der Waals surface area contributed by atoms with Crippen molar-refractivity contribution in [2.75, 3.05) is 30.4 Å². The third-order valence-electron chi connectivity index (χ3n) is 4.95. The zero-order valence-corrected chi connectivity index (χ0v) is 15.4. The van der Waals surface area contributed by atoms with E-state index >= 15 is 0 Å². The van der Waals surface area contributed by atoms with E-state index in [0.29, 0.717) is 17.3 Å². The van der Waals surface area contributed by atoms with E-state index in [1.165, 1.54) is 17.0 Å². The Bertz CT molecular complexity index is 955. The Hall–Kier alpha value is -2.77. The summed E-state index contributed by atoms with van der Waals surface area (Å²) < 4.78 is 27.6. The Morgan fingerprint density at radius 2 is 2.11 bits per heavy atom. The van der Waals surface area contributed by atoms with Gasteiger partial charge in [0.15, 0.2) is 5.65 Å². The molecule has 0 unspecified atom stereocenters. The van der Waals surface area contributed by atoms with Crippen LogP contribution in [-0.2, 0) is 0 Å². The largest absolute Gasteiger partial charge is 0.373 e. The van der Waals surface area contributed by atoms with Gasteiger partial charge in [-0.25, -0.2) is 23.3 Å². The summed E-state index contributed by atoms with van der Waals surface area (Å²) in [4.78, 5) is 11.3. The Morgan fingerprint density at radius 1 is 1.26 bits per heavy atom. The highest BCUT2D eigenvalue weighted by molar-refractivity contribution is 5.70. The molecule has 0 aromatic carbocycles. The van der Waals surface area contributed by atoms with Gasteiger partial charge < -0.3 is 10.2 Å². The molecule has 4 heterocycles. The molecule has 27 heavy (non-hydrogen) atoms. The molecule has 3 aromatic rings. The van der Waals surface area contributed by atoms with Gasteiger partial charge in [0.1, 0.15) is 17.3 Å². The zero-order valence-electron chi connectivity index (χ0n) is 15.4. The molecular weight excluding hydrogens is 350 g/mol. The van der Waals surface area contributed by atoms with Crippen molar-refractivity contribution in [3.8, 4) is 11.3 Å². The summed E-state index contributed by atoms with van der Waals surface area (Å²) in [7, 11) is 1.82. The van der Waals surface area contributed by atoms with Crippen molar-refractivity contribution >= 4 is 17.3 Å². The number of alkyl halides is 2. The summed E-state index contributed by atoms with van der Waals surface area (Å²) in [5.41, 5.74) is 1.77. The van der Waals surface area contributed by atoms with Crippen molar-refractivity contribution in [3.63, 3.8) is 0 Å². The molecule has 0 spiro atoms. The van der Waals surface area contributed by atoms with E-state index in [2.05, 4.69) is 27.2 Å². The molecule has 3 aromatic heterocycles. The van der Waals surface area contributed by atoms with E-state index in [0.717, 1.165) is 36.7 Å². The molecular formula is C19H22F2N6. The summed E-state index contributed by atoms with van der Waals surface area (Å²) in [5, 5.41) is 7.16. The first-order valence-corrected chi connectivity index (χ1v) is 9.13. The lowest BCUT2D eigenvalue weighted by atomic mass is 10.0. The molecule has 1 atom stereocenters. The summed E-state index contributed by atoms with van der Waals surface area (Å²) in [5.74, 6) is 2.22. The van der Waals surface area contributed by atoms with Crippen LogP contribution in [0.2, 0.25) is 0 Å². The standard InChI is InChI=1S/C19H22F2N6/c1-12-4-3-7-26(11-12)18-9-13(8-16(22-2)24-18)15-10-23-17-6-5-14(19(20)21)25-27(15)17/h5-6,8-10,12,19H,3-4,7,11H2,1-2H3,(H,22,24)/t12-/m0/s1.